The van der Waals surface area contributed by atoms with E-state index in [-0.39, 0.29) is 18.3 Å². The van der Waals surface area contributed by atoms with E-state index < -0.39 is 5.60 Å². The van der Waals surface area contributed by atoms with Crippen LogP contribution in [0, 0.1) is 5.92 Å². The molecule has 0 aromatic heterocycles. The van der Waals surface area contributed by atoms with E-state index in [9.17, 15) is 5.11 Å². The average Bonchev–Trinajstić information content (AvgIpc) is 2.55. The van der Waals surface area contributed by atoms with Crippen LogP contribution in [0.1, 0.15) is 49.9 Å². The van der Waals surface area contributed by atoms with Crippen molar-refractivity contribution in [1.82, 2.24) is 0 Å². The summed E-state index contributed by atoms with van der Waals surface area (Å²) in [7, 11) is 0. The van der Waals surface area contributed by atoms with Crippen molar-refractivity contribution in [1.29, 1.82) is 0 Å². The first-order valence-corrected chi connectivity index (χ1v) is 8.29. The molecule has 1 aliphatic heterocycles. The van der Waals surface area contributed by atoms with Crippen LogP contribution in [0.5, 0.6) is 0 Å². The molecule has 0 aliphatic carbocycles. The molecule has 23 heavy (non-hydrogen) atoms. The number of piperidine rings is 1. The molecule has 0 bridgehead atoms. The third kappa shape index (κ3) is 3.77. The zero-order valence-corrected chi connectivity index (χ0v) is 14.6. The van der Waals surface area contributed by atoms with E-state index in [0.717, 1.165) is 12.8 Å². The van der Waals surface area contributed by atoms with Crippen LogP contribution in [-0.4, -0.2) is 10.7 Å². The molecular weight excluding hydrogens is 306 g/mol. The molecule has 124 valence electrons. The first-order valence-electron chi connectivity index (χ1n) is 8.29. The van der Waals surface area contributed by atoms with Crippen LogP contribution < -0.4 is 17.7 Å². The predicted molar refractivity (Wildman–Crippen MR) is 89.3 cm³/mol. The van der Waals surface area contributed by atoms with Crippen molar-refractivity contribution in [2.75, 3.05) is 0 Å². The van der Waals surface area contributed by atoms with Gasteiger partial charge in [-0.15, -0.1) is 0 Å². The molecule has 2 nitrogen and oxygen atoms in total. The highest BCUT2D eigenvalue weighted by Crippen LogP contribution is 2.40. The fraction of sp³-hybridized carbons (Fsp3) is 0.400. The molecule has 1 saturated heterocycles. The van der Waals surface area contributed by atoms with E-state index in [4.69, 9.17) is 0 Å². The van der Waals surface area contributed by atoms with Gasteiger partial charge in [0.2, 0.25) is 0 Å². The zero-order valence-electron chi connectivity index (χ0n) is 13.8. The number of halogens is 1. The maximum Gasteiger partial charge on any atom is 0.118 e. The quantitative estimate of drug-likeness (QED) is 0.829. The average molecular weight is 332 g/mol. The van der Waals surface area contributed by atoms with Gasteiger partial charge < -0.3 is 22.8 Å². The van der Waals surface area contributed by atoms with Gasteiger partial charge in [-0.2, -0.15) is 0 Å². The summed E-state index contributed by atoms with van der Waals surface area (Å²) in [5.41, 5.74) is 1.98. The Morgan fingerprint density at radius 3 is 2.04 bits per heavy atom. The van der Waals surface area contributed by atoms with Crippen molar-refractivity contribution >= 4 is 0 Å². The van der Waals surface area contributed by atoms with E-state index in [1.165, 1.54) is 11.1 Å². The van der Waals surface area contributed by atoms with E-state index >= 15 is 0 Å². The van der Waals surface area contributed by atoms with E-state index in [0.29, 0.717) is 12.1 Å². The minimum absolute atomic E-state index is 0. The Kier molecular flexibility index (Phi) is 5.85. The smallest absolute Gasteiger partial charge is 0.118 e. The Hall–Kier alpha value is -1.35. The van der Waals surface area contributed by atoms with Gasteiger partial charge in [-0.05, 0) is 13.3 Å². The van der Waals surface area contributed by atoms with E-state index in [1.54, 1.807) is 0 Å². The molecule has 4 unspecified atom stereocenters. The van der Waals surface area contributed by atoms with Crippen molar-refractivity contribution in [3.63, 3.8) is 0 Å². The fourth-order valence-electron chi connectivity index (χ4n) is 4.08. The highest BCUT2D eigenvalue weighted by molar-refractivity contribution is 5.22. The number of quaternary nitrogens is 1. The van der Waals surface area contributed by atoms with Crippen LogP contribution in [0.25, 0.3) is 0 Å². The van der Waals surface area contributed by atoms with Gasteiger partial charge in [-0.25, -0.2) is 0 Å². The lowest BCUT2D eigenvalue weighted by atomic mass is 9.71. The van der Waals surface area contributed by atoms with Crippen molar-refractivity contribution < 1.29 is 22.8 Å². The standard InChI is InChI=1S/C20H25NO.ClH/c1-3-17-19(16-12-8-5-9-13-16)21-18(14-20(17,2)22)15-10-6-4-7-11-15;/h4-13,17-19,21-22H,3,14H2,1-2H3;1H. The predicted octanol–water partition coefficient (Wildman–Crippen LogP) is 0.217. The van der Waals surface area contributed by atoms with Crippen LogP contribution in [-0.2, 0) is 0 Å². The second-order valence-electron chi connectivity index (χ2n) is 6.72. The van der Waals surface area contributed by atoms with Crippen LogP contribution in [0.4, 0.5) is 0 Å². The number of hydrogen-bond acceptors (Lipinski definition) is 1. The molecular formula is C20H26ClNO. The molecule has 1 aliphatic rings. The van der Waals surface area contributed by atoms with Crippen LogP contribution >= 0.6 is 0 Å². The Morgan fingerprint density at radius 1 is 1.00 bits per heavy atom. The van der Waals surface area contributed by atoms with E-state index in [1.807, 2.05) is 13.0 Å². The number of nitrogens with two attached hydrogens (primary N) is 1. The topological polar surface area (TPSA) is 36.8 Å². The molecule has 1 heterocycles. The summed E-state index contributed by atoms with van der Waals surface area (Å²) >= 11 is 0. The van der Waals surface area contributed by atoms with Gasteiger partial charge in [0.25, 0.3) is 0 Å². The summed E-state index contributed by atoms with van der Waals surface area (Å²) in [6, 6.07) is 21.8. The maximum absolute atomic E-state index is 11.1. The van der Waals surface area contributed by atoms with Crippen molar-refractivity contribution in [3.8, 4) is 0 Å². The first-order chi connectivity index (χ1) is 10.6. The van der Waals surface area contributed by atoms with Gasteiger partial charge in [-0.1, -0.05) is 67.6 Å². The maximum atomic E-state index is 11.1. The van der Waals surface area contributed by atoms with E-state index in [2.05, 4.69) is 66.8 Å². The number of hydrogen-bond donors (Lipinski definition) is 2. The SMILES string of the molecule is CCC1C(c2ccccc2)[NH2+]C(c2ccccc2)CC1(C)O.[Cl-]. The van der Waals surface area contributed by atoms with Gasteiger partial charge in [0.1, 0.15) is 12.1 Å². The summed E-state index contributed by atoms with van der Waals surface area (Å²) in [4.78, 5) is 0. The Bertz CT molecular complexity index is 600. The lowest BCUT2D eigenvalue weighted by molar-refractivity contribution is -0.756. The Labute approximate surface area is 145 Å². The lowest BCUT2D eigenvalue weighted by Crippen LogP contribution is -3.00. The highest BCUT2D eigenvalue weighted by Gasteiger charge is 2.47. The molecule has 0 spiro atoms. The second-order valence-corrected chi connectivity index (χ2v) is 6.72. The Balaban J connectivity index is 0.00000192. The van der Waals surface area contributed by atoms with Gasteiger partial charge in [-0.3, -0.25) is 0 Å². The second kappa shape index (κ2) is 7.48. The lowest BCUT2D eigenvalue weighted by Gasteiger charge is -2.44. The van der Waals surface area contributed by atoms with Crippen LogP contribution in [0.15, 0.2) is 60.7 Å². The summed E-state index contributed by atoms with van der Waals surface area (Å²) in [5.74, 6) is 0.273. The minimum Gasteiger partial charge on any atom is -1.00 e. The van der Waals surface area contributed by atoms with Gasteiger partial charge in [0.15, 0.2) is 0 Å². The molecule has 3 N–H and O–H groups in total. The molecule has 4 atom stereocenters. The summed E-state index contributed by atoms with van der Waals surface area (Å²) < 4.78 is 0. The monoisotopic (exact) mass is 331 g/mol. The number of aliphatic hydroxyl groups is 1. The molecule has 3 heteroatoms. The zero-order chi connectivity index (χ0) is 15.6. The Morgan fingerprint density at radius 2 is 1.52 bits per heavy atom. The minimum atomic E-state index is -0.634. The highest BCUT2D eigenvalue weighted by atomic mass is 35.5. The molecule has 1 fully saturated rings. The third-order valence-electron chi connectivity index (χ3n) is 5.16. The first kappa shape index (κ1) is 18.0. The van der Waals surface area contributed by atoms with Crippen molar-refractivity contribution in [2.45, 2.75) is 44.4 Å². The fourth-order valence-corrected chi connectivity index (χ4v) is 4.08. The number of benzene rings is 2. The summed E-state index contributed by atoms with van der Waals surface area (Å²) in [5, 5.41) is 13.5. The van der Waals surface area contributed by atoms with Crippen molar-refractivity contribution in [3.05, 3.63) is 71.8 Å². The normalized spacial score (nSPS) is 30.5. The molecule has 0 saturated carbocycles. The van der Waals surface area contributed by atoms with Crippen LogP contribution in [0.3, 0.4) is 0 Å². The van der Waals surface area contributed by atoms with Crippen molar-refractivity contribution in [2.24, 2.45) is 5.92 Å². The summed E-state index contributed by atoms with van der Waals surface area (Å²) in [6.45, 7) is 4.20. The molecule has 3 rings (SSSR count). The van der Waals surface area contributed by atoms with Crippen LogP contribution in [0.2, 0.25) is 0 Å². The third-order valence-corrected chi connectivity index (χ3v) is 5.16. The molecule has 0 radical (unpaired) electrons. The van der Waals surface area contributed by atoms with Gasteiger partial charge in [0, 0.05) is 23.5 Å². The van der Waals surface area contributed by atoms with Gasteiger partial charge in [0.05, 0.1) is 5.60 Å². The largest absolute Gasteiger partial charge is 1.00 e. The van der Waals surface area contributed by atoms with Gasteiger partial charge >= 0.3 is 0 Å². The molecule has 2 aromatic carbocycles. The number of rotatable bonds is 3. The molecule has 2 aromatic rings. The summed E-state index contributed by atoms with van der Waals surface area (Å²) in [6.07, 6.45) is 1.80. The molecule has 0 amide bonds.